The van der Waals surface area contributed by atoms with Gasteiger partial charge in [0.1, 0.15) is 9.39 Å². The van der Waals surface area contributed by atoms with Crippen molar-refractivity contribution in [3.63, 3.8) is 0 Å². The lowest BCUT2D eigenvalue weighted by atomic mass is 10.4. The van der Waals surface area contributed by atoms with E-state index < -0.39 is 22.1 Å². The van der Waals surface area contributed by atoms with E-state index in [4.69, 9.17) is 5.14 Å². The van der Waals surface area contributed by atoms with E-state index in [1.807, 2.05) is 0 Å². The van der Waals surface area contributed by atoms with Crippen LogP contribution in [0.25, 0.3) is 0 Å². The van der Waals surface area contributed by atoms with Crippen LogP contribution in [0, 0.1) is 7.27 Å². The highest BCUT2D eigenvalue weighted by atomic mass is 127. The van der Waals surface area contributed by atoms with Gasteiger partial charge in [0.25, 0.3) is 6.43 Å². The molecule has 1 heterocycles. The molecule has 1 rings (SSSR count). The number of nitrogens with zero attached hydrogens (tertiary/aromatic N) is 1. The predicted octanol–water partition coefficient (Wildman–Crippen LogP) is 1.88. The van der Waals surface area contributed by atoms with Crippen LogP contribution < -0.4 is 5.14 Å². The van der Waals surface area contributed by atoms with Crippen molar-refractivity contribution in [1.82, 2.24) is 4.98 Å². The third kappa shape index (κ3) is 3.17. The van der Waals surface area contributed by atoms with Gasteiger partial charge in [-0.1, -0.05) is 0 Å². The third-order valence-electron chi connectivity index (χ3n) is 1.43. The largest absolute Gasteiger partial charge is 0.280 e. The number of nitrogens with two attached hydrogens (primary N) is 1. The Morgan fingerprint density at radius 2 is 1.93 bits per heavy atom. The van der Waals surface area contributed by atoms with Gasteiger partial charge in [0.05, 0.1) is 8.47 Å². The number of primary sulfonamides is 1. The molecule has 2 N–H and O–H groups in total. The van der Waals surface area contributed by atoms with Crippen molar-refractivity contribution in [1.29, 1.82) is 0 Å². The zero-order valence-corrected chi connectivity index (χ0v) is 12.0. The van der Waals surface area contributed by atoms with Crippen LogP contribution >= 0.6 is 45.2 Å². The first-order valence-corrected chi connectivity index (χ1v) is 7.10. The predicted molar refractivity (Wildman–Crippen MR) is 66.0 cm³/mol. The third-order valence-corrected chi connectivity index (χ3v) is 5.64. The van der Waals surface area contributed by atoms with E-state index in [2.05, 4.69) is 4.98 Å². The molecule has 0 aromatic carbocycles. The van der Waals surface area contributed by atoms with Crippen LogP contribution in [0.2, 0.25) is 0 Å². The van der Waals surface area contributed by atoms with Gasteiger partial charge in [-0.2, -0.15) is 0 Å². The lowest BCUT2D eigenvalue weighted by Gasteiger charge is -2.06. The van der Waals surface area contributed by atoms with Crippen LogP contribution in [0.5, 0.6) is 0 Å². The van der Waals surface area contributed by atoms with Gasteiger partial charge in [-0.05, 0) is 51.2 Å². The van der Waals surface area contributed by atoms with E-state index in [0.29, 0.717) is 0 Å². The molecule has 0 unspecified atom stereocenters. The molecule has 84 valence electrons. The van der Waals surface area contributed by atoms with Gasteiger partial charge in [-0.25, -0.2) is 27.3 Å². The van der Waals surface area contributed by atoms with E-state index in [0.717, 1.165) is 6.07 Å². The van der Waals surface area contributed by atoms with Crippen molar-refractivity contribution in [3.8, 4) is 0 Å². The molecule has 0 aliphatic carbocycles. The zero-order valence-electron chi connectivity index (χ0n) is 6.92. The minimum Gasteiger partial charge on any atom is -0.240 e. The lowest BCUT2D eigenvalue weighted by molar-refractivity contribution is 0.145. The van der Waals surface area contributed by atoms with Crippen LogP contribution in [0.15, 0.2) is 11.0 Å². The second kappa shape index (κ2) is 4.71. The van der Waals surface area contributed by atoms with Gasteiger partial charge < -0.3 is 0 Å². The summed E-state index contributed by atoms with van der Waals surface area (Å²) in [4.78, 5) is 3.23. The highest BCUT2D eigenvalue weighted by molar-refractivity contribution is 14.1. The monoisotopic (exact) mass is 460 g/mol. The number of alkyl halides is 2. The molecular weight excluding hydrogens is 456 g/mol. The standard InChI is InChI=1S/C6H4F2I2N2O2S/c7-5(8)2-1-3(15(11,13)14)4(9)6(10)12-2/h1,5H,(H2,11,13,14). The maximum absolute atomic E-state index is 12.3. The molecule has 4 nitrogen and oxygen atoms in total. The van der Waals surface area contributed by atoms with Gasteiger partial charge >= 0.3 is 0 Å². The first-order chi connectivity index (χ1) is 6.73. The van der Waals surface area contributed by atoms with Gasteiger partial charge in [0.2, 0.25) is 10.0 Å². The number of sulfonamides is 1. The van der Waals surface area contributed by atoms with Crippen molar-refractivity contribution in [2.24, 2.45) is 5.14 Å². The second-order valence-corrected chi connectivity index (χ2v) is 6.13. The maximum atomic E-state index is 12.3. The van der Waals surface area contributed by atoms with Crippen molar-refractivity contribution in [3.05, 3.63) is 19.0 Å². The Kier molecular flexibility index (Phi) is 4.22. The molecule has 0 saturated heterocycles. The Labute approximate surface area is 112 Å². The number of aromatic nitrogens is 1. The van der Waals surface area contributed by atoms with Crippen molar-refractivity contribution < 1.29 is 17.2 Å². The number of pyridine rings is 1. The molecule has 0 aliphatic rings. The summed E-state index contributed by atoms with van der Waals surface area (Å²) in [6, 6.07) is 0.796. The molecule has 0 spiro atoms. The Hall–Kier alpha value is 0.380. The van der Waals surface area contributed by atoms with Gasteiger partial charge in [0, 0.05) is 0 Å². The zero-order chi connectivity index (χ0) is 11.8. The summed E-state index contributed by atoms with van der Waals surface area (Å²) in [7, 11) is -4.00. The molecule has 0 saturated carbocycles. The number of hydrogen-bond donors (Lipinski definition) is 1. The Morgan fingerprint density at radius 3 is 2.33 bits per heavy atom. The average Bonchev–Trinajstić information content (AvgIpc) is 2.06. The van der Waals surface area contributed by atoms with Gasteiger partial charge in [-0.15, -0.1) is 0 Å². The number of halogens is 4. The van der Waals surface area contributed by atoms with Crippen LogP contribution in [-0.4, -0.2) is 13.4 Å². The summed E-state index contributed by atoms with van der Waals surface area (Å²) in [5, 5.41) is 4.89. The first-order valence-electron chi connectivity index (χ1n) is 3.40. The topological polar surface area (TPSA) is 73.1 Å². The molecule has 1 aromatic rings. The van der Waals surface area contributed by atoms with Crippen LogP contribution in [0.4, 0.5) is 8.78 Å². The molecule has 0 fully saturated rings. The smallest absolute Gasteiger partial charge is 0.240 e. The molecular formula is C6H4F2I2N2O2S. The molecule has 9 heteroatoms. The fraction of sp³-hybridized carbons (Fsp3) is 0.167. The summed E-state index contributed by atoms with van der Waals surface area (Å²) >= 11 is 3.37. The van der Waals surface area contributed by atoms with Crippen LogP contribution in [-0.2, 0) is 10.0 Å². The SMILES string of the molecule is NS(=O)(=O)c1cc(C(F)F)nc(I)c1I. The minimum absolute atomic E-state index is 0.190. The van der Waals surface area contributed by atoms with E-state index in [1.165, 1.54) is 0 Å². The summed E-state index contributed by atoms with van der Waals surface area (Å²) in [5.41, 5.74) is -0.594. The minimum atomic E-state index is -4.00. The summed E-state index contributed by atoms with van der Waals surface area (Å²) < 4.78 is 47.3. The normalized spacial score (nSPS) is 12.1. The number of rotatable bonds is 2. The average molecular weight is 460 g/mol. The van der Waals surface area contributed by atoms with E-state index in [9.17, 15) is 17.2 Å². The lowest BCUT2D eigenvalue weighted by Crippen LogP contribution is -2.16. The van der Waals surface area contributed by atoms with Crippen LogP contribution in [0.3, 0.4) is 0 Å². The van der Waals surface area contributed by atoms with E-state index >= 15 is 0 Å². The Morgan fingerprint density at radius 1 is 1.40 bits per heavy atom. The maximum Gasteiger partial charge on any atom is 0.280 e. The van der Waals surface area contributed by atoms with Gasteiger partial charge in [-0.3, -0.25) is 0 Å². The van der Waals surface area contributed by atoms with Crippen LogP contribution in [0.1, 0.15) is 12.1 Å². The van der Waals surface area contributed by atoms with Crippen molar-refractivity contribution >= 4 is 55.2 Å². The molecule has 15 heavy (non-hydrogen) atoms. The Balaban J connectivity index is 3.52. The highest BCUT2D eigenvalue weighted by Crippen LogP contribution is 2.26. The quantitative estimate of drug-likeness (QED) is 0.542. The molecule has 0 bridgehead atoms. The number of hydrogen-bond acceptors (Lipinski definition) is 3. The molecule has 0 radical (unpaired) electrons. The molecule has 0 atom stereocenters. The highest BCUT2D eigenvalue weighted by Gasteiger charge is 2.20. The van der Waals surface area contributed by atoms with E-state index in [-0.39, 0.29) is 12.2 Å². The Bertz CT molecular complexity index is 492. The fourth-order valence-corrected chi connectivity index (χ4v) is 3.39. The second-order valence-electron chi connectivity index (χ2n) is 2.50. The molecule has 0 aliphatic heterocycles. The van der Waals surface area contributed by atoms with Gasteiger partial charge in [0.15, 0.2) is 0 Å². The molecule has 1 aromatic heterocycles. The first kappa shape index (κ1) is 13.4. The summed E-state index contributed by atoms with van der Waals surface area (Å²) in [6.45, 7) is 0. The fourth-order valence-electron chi connectivity index (χ4n) is 0.813. The van der Waals surface area contributed by atoms with Crippen molar-refractivity contribution in [2.75, 3.05) is 0 Å². The molecule has 0 amide bonds. The van der Waals surface area contributed by atoms with Crippen molar-refractivity contribution in [2.45, 2.75) is 11.3 Å². The summed E-state index contributed by atoms with van der Waals surface area (Å²) in [5.74, 6) is 0. The summed E-state index contributed by atoms with van der Waals surface area (Å²) in [6.07, 6.45) is -2.82. The van der Waals surface area contributed by atoms with E-state index in [1.54, 1.807) is 45.2 Å².